The minimum atomic E-state index is -0.113. The van der Waals surface area contributed by atoms with Gasteiger partial charge < -0.3 is 9.84 Å². The third-order valence-electron chi connectivity index (χ3n) is 4.07. The third-order valence-corrected chi connectivity index (χ3v) is 4.07. The molecule has 1 N–H and O–H groups in total. The smallest absolute Gasteiger partial charge is 0.0700 e. The van der Waals surface area contributed by atoms with E-state index in [9.17, 15) is 5.11 Å². The highest BCUT2D eigenvalue weighted by Gasteiger charge is 2.27. The first-order valence-corrected chi connectivity index (χ1v) is 6.81. The van der Waals surface area contributed by atoms with Crippen molar-refractivity contribution in [1.82, 2.24) is 4.90 Å². The Hall–Kier alpha value is -0.120. The van der Waals surface area contributed by atoms with Crippen LogP contribution in [0.25, 0.3) is 0 Å². The zero-order chi connectivity index (χ0) is 11.4. The molecule has 3 heteroatoms. The molecule has 2 aliphatic rings. The van der Waals surface area contributed by atoms with Crippen molar-refractivity contribution in [2.24, 2.45) is 5.92 Å². The van der Waals surface area contributed by atoms with E-state index in [0.29, 0.717) is 12.0 Å². The minimum Gasteiger partial charge on any atom is -0.392 e. The van der Waals surface area contributed by atoms with Crippen LogP contribution in [0.1, 0.15) is 39.0 Å². The molecule has 0 radical (unpaired) electrons. The van der Waals surface area contributed by atoms with E-state index in [2.05, 4.69) is 11.8 Å². The van der Waals surface area contributed by atoms with Crippen LogP contribution in [0, 0.1) is 5.92 Å². The van der Waals surface area contributed by atoms with Crippen LogP contribution in [0.5, 0.6) is 0 Å². The van der Waals surface area contributed by atoms with Gasteiger partial charge in [0.1, 0.15) is 0 Å². The molecule has 2 fully saturated rings. The van der Waals surface area contributed by atoms with E-state index in [-0.39, 0.29) is 6.10 Å². The SMILES string of the molecule is CCC1CN(CC(O)C2CCCC2)CCO1. The predicted molar refractivity (Wildman–Crippen MR) is 64.4 cm³/mol. The fraction of sp³-hybridized carbons (Fsp3) is 1.00. The van der Waals surface area contributed by atoms with Gasteiger partial charge in [0, 0.05) is 19.6 Å². The molecule has 2 unspecified atom stereocenters. The number of rotatable bonds is 4. The molecule has 3 nitrogen and oxygen atoms in total. The van der Waals surface area contributed by atoms with Crippen LogP contribution in [0.2, 0.25) is 0 Å². The van der Waals surface area contributed by atoms with E-state index >= 15 is 0 Å². The van der Waals surface area contributed by atoms with Gasteiger partial charge in [0.15, 0.2) is 0 Å². The van der Waals surface area contributed by atoms with E-state index in [0.717, 1.165) is 32.7 Å². The molecule has 1 saturated heterocycles. The summed E-state index contributed by atoms with van der Waals surface area (Å²) in [6.45, 7) is 5.84. The lowest BCUT2D eigenvalue weighted by molar-refractivity contribution is -0.0472. The van der Waals surface area contributed by atoms with Gasteiger partial charge in [-0.2, -0.15) is 0 Å². The van der Waals surface area contributed by atoms with E-state index in [1.807, 2.05) is 0 Å². The van der Waals surface area contributed by atoms with E-state index in [1.54, 1.807) is 0 Å². The Balaban J connectivity index is 1.75. The van der Waals surface area contributed by atoms with Gasteiger partial charge in [-0.25, -0.2) is 0 Å². The second-order valence-corrected chi connectivity index (χ2v) is 5.27. The van der Waals surface area contributed by atoms with Crippen molar-refractivity contribution in [1.29, 1.82) is 0 Å². The molecule has 1 aliphatic heterocycles. The summed E-state index contributed by atoms with van der Waals surface area (Å²) in [6, 6.07) is 0. The van der Waals surface area contributed by atoms with Gasteiger partial charge >= 0.3 is 0 Å². The monoisotopic (exact) mass is 227 g/mol. The molecule has 0 aromatic rings. The number of aliphatic hydroxyl groups is 1. The molecular weight excluding hydrogens is 202 g/mol. The zero-order valence-corrected chi connectivity index (χ0v) is 10.4. The lowest BCUT2D eigenvalue weighted by Gasteiger charge is -2.34. The van der Waals surface area contributed by atoms with Gasteiger partial charge in [0.2, 0.25) is 0 Å². The van der Waals surface area contributed by atoms with Crippen LogP contribution in [-0.2, 0) is 4.74 Å². The van der Waals surface area contributed by atoms with Crippen LogP contribution < -0.4 is 0 Å². The van der Waals surface area contributed by atoms with Crippen LogP contribution in [0.3, 0.4) is 0 Å². The molecule has 0 bridgehead atoms. The fourth-order valence-electron chi connectivity index (χ4n) is 2.95. The van der Waals surface area contributed by atoms with Gasteiger partial charge in [0.25, 0.3) is 0 Å². The highest BCUT2D eigenvalue weighted by Crippen LogP contribution is 2.28. The topological polar surface area (TPSA) is 32.7 Å². The lowest BCUT2D eigenvalue weighted by Crippen LogP contribution is -2.46. The number of hydrogen-bond acceptors (Lipinski definition) is 3. The quantitative estimate of drug-likeness (QED) is 0.792. The van der Waals surface area contributed by atoms with Crippen molar-refractivity contribution in [3.63, 3.8) is 0 Å². The molecule has 2 rings (SSSR count). The third kappa shape index (κ3) is 3.19. The number of ether oxygens (including phenoxy) is 1. The summed E-state index contributed by atoms with van der Waals surface area (Å²) in [5.41, 5.74) is 0. The Morgan fingerprint density at radius 1 is 1.38 bits per heavy atom. The summed E-state index contributed by atoms with van der Waals surface area (Å²) in [7, 11) is 0. The summed E-state index contributed by atoms with van der Waals surface area (Å²) < 4.78 is 5.64. The molecule has 94 valence electrons. The molecular formula is C13H25NO2. The van der Waals surface area contributed by atoms with Crippen LogP contribution >= 0.6 is 0 Å². The van der Waals surface area contributed by atoms with Gasteiger partial charge in [-0.15, -0.1) is 0 Å². The fourth-order valence-corrected chi connectivity index (χ4v) is 2.95. The molecule has 16 heavy (non-hydrogen) atoms. The van der Waals surface area contributed by atoms with Gasteiger partial charge in [0.05, 0.1) is 18.8 Å². The standard InChI is InChI=1S/C13H25NO2/c1-2-12-9-14(7-8-16-12)10-13(15)11-5-3-4-6-11/h11-13,15H,2-10H2,1H3. The molecule has 1 heterocycles. The van der Waals surface area contributed by atoms with Gasteiger partial charge in [-0.05, 0) is 25.2 Å². The highest BCUT2D eigenvalue weighted by atomic mass is 16.5. The number of morpholine rings is 1. The Kier molecular flexibility index (Phi) is 4.62. The predicted octanol–water partition coefficient (Wildman–Crippen LogP) is 1.65. The summed E-state index contributed by atoms with van der Waals surface area (Å²) in [6.07, 6.45) is 6.41. The number of nitrogens with zero attached hydrogens (tertiary/aromatic N) is 1. The lowest BCUT2D eigenvalue weighted by atomic mass is 10.00. The van der Waals surface area contributed by atoms with Gasteiger partial charge in [-0.3, -0.25) is 4.90 Å². The summed E-state index contributed by atoms with van der Waals surface area (Å²) in [4.78, 5) is 2.38. The van der Waals surface area contributed by atoms with Crippen molar-refractivity contribution in [2.75, 3.05) is 26.2 Å². The summed E-state index contributed by atoms with van der Waals surface area (Å²) in [5, 5.41) is 10.2. The molecule has 1 aliphatic carbocycles. The second-order valence-electron chi connectivity index (χ2n) is 5.27. The summed E-state index contributed by atoms with van der Waals surface area (Å²) in [5.74, 6) is 0.558. The Bertz CT molecular complexity index is 204. The maximum atomic E-state index is 10.2. The Morgan fingerprint density at radius 2 is 2.12 bits per heavy atom. The average molecular weight is 227 g/mol. The van der Waals surface area contributed by atoms with Crippen LogP contribution in [0.4, 0.5) is 0 Å². The van der Waals surface area contributed by atoms with E-state index in [4.69, 9.17) is 4.74 Å². The van der Waals surface area contributed by atoms with Crippen LogP contribution in [0.15, 0.2) is 0 Å². The van der Waals surface area contributed by atoms with Crippen molar-refractivity contribution >= 4 is 0 Å². The van der Waals surface area contributed by atoms with Crippen molar-refractivity contribution in [2.45, 2.75) is 51.2 Å². The van der Waals surface area contributed by atoms with Gasteiger partial charge in [-0.1, -0.05) is 19.8 Å². The van der Waals surface area contributed by atoms with E-state index < -0.39 is 0 Å². The second kappa shape index (κ2) is 5.99. The summed E-state index contributed by atoms with van der Waals surface area (Å²) >= 11 is 0. The number of β-amino-alcohol motifs (C(OH)–C–C–N with tert-alkyl or cyclic N) is 1. The van der Waals surface area contributed by atoms with Crippen molar-refractivity contribution in [3.05, 3.63) is 0 Å². The first kappa shape index (κ1) is 12.3. The first-order valence-electron chi connectivity index (χ1n) is 6.81. The minimum absolute atomic E-state index is 0.113. The van der Waals surface area contributed by atoms with E-state index in [1.165, 1.54) is 25.7 Å². The zero-order valence-electron chi connectivity index (χ0n) is 10.4. The molecule has 1 saturated carbocycles. The molecule has 2 atom stereocenters. The maximum absolute atomic E-state index is 10.2. The first-order chi connectivity index (χ1) is 7.79. The molecule has 0 aromatic carbocycles. The number of hydrogen-bond donors (Lipinski definition) is 1. The Labute approximate surface area is 98.8 Å². The highest BCUT2D eigenvalue weighted by molar-refractivity contribution is 4.79. The maximum Gasteiger partial charge on any atom is 0.0700 e. The van der Waals surface area contributed by atoms with Crippen molar-refractivity contribution in [3.8, 4) is 0 Å². The Morgan fingerprint density at radius 3 is 2.81 bits per heavy atom. The molecule has 0 aromatic heterocycles. The molecule has 0 amide bonds. The molecule has 0 spiro atoms. The van der Waals surface area contributed by atoms with Crippen molar-refractivity contribution < 1.29 is 9.84 Å². The normalized spacial score (nSPS) is 30.8. The van der Waals surface area contributed by atoms with Crippen LogP contribution in [-0.4, -0.2) is 48.5 Å². The number of aliphatic hydroxyl groups excluding tert-OH is 1. The largest absolute Gasteiger partial charge is 0.392 e. The average Bonchev–Trinajstić information content (AvgIpc) is 2.83.